The highest BCUT2D eigenvalue weighted by Crippen LogP contribution is 2.28. The fraction of sp³-hybridized carbons (Fsp3) is 0.200. The maximum atomic E-state index is 11.7. The summed E-state index contributed by atoms with van der Waals surface area (Å²) in [5.74, 6) is -0.400. The van der Waals surface area contributed by atoms with Gasteiger partial charge < -0.3 is 4.74 Å². The van der Waals surface area contributed by atoms with Crippen molar-refractivity contribution in [3.8, 4) is 0 Å². The first-order chi connectivity index (χ1) is 7.65. The zero-order chi connectivity index (χ0) is 11.7. The molecule has 0 aromatic carbocycles. The van der Waals surface area contributed by atoms with Crippen LogP contribution in [0.4, 0.5) is 0 Å². The number of imidazole rings is 1. The molecule has 2 aromatic heterocycles. The van der Waals surface area contributed by atoms with E-state index < -0.39 is 5.97 Å². The summed E-state index contributed by atoms with van der Waals surface area (Å²) in [6.07, 6.45) is 3.12. The molecule has 0 spiro atoms. The molecule has 6 heteroatoms. The largest absolute Gasteiger partial charge is 0.461 e. The number of aromatic nitrogens is 2. The van der Waals surface area contributed by atoms with Crippen LogP contribution in [0.25, 0.3) is 5.52 Å². The number of carbonyl (C=O) groups is 1. The van der Waals surface area contributed by atoms with Gasteiger partial charge in [-0.15, -0.1) is 0 Å². The lowest BCUT2D eigenvalue weighted by Gasteiger charge is -2.07. The van der Waals surface area contributed by atoms with E-state index in [1.165, 1.54) is 6.33 Å². The van der Waals surface area contributed by atoms with Crippen LogP contribution < -0.4 is 0 Å². The van der Waals surface area contributed by atoms with Gasteiger partial charge in [0.2, 0.25) is 0 Å². The van der Waals surface area contributed by atoms with E-state index in [4.69, 9.17) is 16.3 Å². The summed E-state index contributed by atoms with van der Waals surface area (Å²) in [7, 11) is 0. The molecule has 0 atom stereocenters. The molecule has 0 radical (unpaired) electrons. The second-order valence-corrected chi connectivity index (χ2v) is 4.29. The number of rotatable bonds is 2. The van der Waals surface area contributed by atoms with E-state index >= 15 is 0 Å². The Hall–Kier alpha value is -1.07. The Bertz CT molecular complexity index is 553. The Morgan fingerprint density at radius 1 is 1.69 bits per heavy atom. The minimum Gasteiger partial charge on any atom is -0.461 e. The average Bonchev–Trinajstić information content (AvgIpc) is 2.72. The maximum Gasteiger partial charge on any atom is 0.355 e. The highest BCUT2D eigenvalue weighted by atomic mass is 79.9. The van der Waals surface area contributed by atoms with Gasteiger partial charge in [-0.1, -0.05) is 11.6 Å². The number of carbonyl (C=O) groups excluding carboxylic acids is 1. The number of halogens is 2. The zero-order valence-electron chi connectivity index (χ0n) is 8.41. The molecule has 2 aromatic rings. The molecule has 84 valence electrons. The molecule has 0 unspecified atom stereocenters. The molecule has 0 aliphatic heterocycles. The number of esters is 1. The Balaban J connectivity index is 2.65. The number of hydrogen-bond donors (Lipinski definition) is 0. The molecular formula is C10H8BrClN2O2. The van der Waals surface area contributed by atoms with Crippen LogP contribution in [0.1, 0.15) is 17.4 Å². The van der Waals surface area contributed by atoms with Crippen molar-refractivity contribution >= 4 is 39.0 Å². The number of ether oxygens (including phenoxy) is 1. The third-order valence-electron chi connectivity index (χ3n) is 2.08. The van der Waals surface area contributed by atoms with Crippen LogP contribution in [-0.2, 0) is 4.74 Å². The summed E-state index contributed by atoms with van der Waals surface area (Å²) in [5.41, 5.74) is 1.06. The molecule has 0 fully saturated rings. The van der Waals surface area contributed by atoms with E-state index in [9.17, 15) is 4.79 Å². The van der Waals surface area contributed by atoms with Crippen molar-refractivity contribution in [1.29, 1.82) is 0 Å². The smallest absolute Gasteiger partial charge is 0.355 e. The van der Waals surface area contributed by atoms with Gasteiger partial charge in [0.1, 0.15) is 5.69 Å². The standard InChI is InChI=1S/C10H8BrClN2O2/c1-2-16-10(15)7-3-6(11)9(12)8-4-13-5-14(7)8/h3-5H,2H2,1H3. The summed E-state index contributed by atoms with van der Waals surface area (Å²) < 4.78 is 7.19. The molecule has 0 saturated carbocycles. The predicted molar refractivity (Wildman–Crippen MR) is 63.9 cm³/mol. The van der Waals surface area contributed by atoms with Gasteiger partial charge in [-0.2, -0.15) is 0 Å². The number of pyridine rings is 1. The number of hydrogen-bond acceptors (Lipinski definition) is 3. The summed E-state index contributed by atoms with van der Waals surface area (Å²) in [4.78, 5) is 15.6. The Morgan fingerprint density at radius 3 is 3.12 bits per heavy atom. The van der Waals surface area contributed by atoms with Gasteiger partial charge in [-0.3, -0.25) is 4.40 Å². The van der Waals surface area contributed by atoms with Crippen molar-refractivity contribution in [2.24, 2.45) is 0 Å². The SMILES string of the molecule is CCOC(=O)c1cc(Br)c(Cl)c2cncn12. The third kappa shape index (κ3) is 1.81. The van der Waals surface area contributed by atoms with E-state index in [2.05, 4.69) is 20.9 Å². The van der Waals surface area contributed by atoms with Crippen LogP contribution >= 0.6 is 27.5 Å². The van der Waals surface area contributed by atoms with Gasteiger partial charge in [0.05, 0.1) is 29.7 Å². The highest BCUT2D eigenvalue weighted by Gasteiger charge is 2.15. The van der Waals surface area contributed by atoms with Crippen molar-refractivity contribution in [2.75, 3.05) is 6.61 Å². The van der Waals surface area contributed by atoms with Crippen molar-refractivity contribution in [2.45, 2.75) is 6.92 Å². The van der Waals surface area contributed by atoms with Gasteiger partial charge >= 0.3 is 5.97 Å². The highest BCUT2D eigenvalue weighted by molar-refractivity contribution is 9.10. The van der Waals surface area contributed by atoms with E-state index in [1.807, 2.05) is 0 Å². The average molecular weight is 304 g/mol. The van der Waals surface area contributed by atoms with Crippen LogP contribution in [-0.4, -0.2) is 22.0 Å². The van der Waals surface area contributed by atoms with Crippen molar-refractivity contribution in [3.05, 3.63) is 33.8 Å². The summed E-state index contributed by atoms with van der Waals surface area (Å²) in [6, 6.07) is 1.62. The first-order valence-electron chi connectivity index (χ1n) is 4.62. The quantitative estimate of drug-likeness (QED) is 0.801. The molecule has 2 heterocycles. The van der Waals surface area contributed by atoms with Gasteiger partial charge in [0, 0.05) is 4.47 Å². The van der Waals surface area contributed by atoms with E-state index in [1.54, 1.807) is 23.6 Å². The van der Waals surface area contributed by atoms with E-state index in [0.29, 0.717) is 27.3 Å². The van der Waals surface area contributed by atoms with Crippen molar-refractivity contribution in [3.63, 3.8) is 0 Å². The molecule has 0 aliphatic carbocycles. The number of nitrogens with zero attached hydrogens (tertiary/aromatic N) is 2. The minimum atomic E-state index is -0.400. The fourth-order valence-corrected chi connectivity index (χ4v) is 2.00. The predicted octanol–water partition coefficient (Wildman–Crippen LogP) is 2.93. The van der Waals surface area contributed by atoms with E-state index in [0.717, 1.165) is 0 Å². The normalized spacial score (nSPS) is 10.7. The molecule has 0 N–H and O–H groups in total. The molecule has 4 nitrogen and oxygen atoms in total. The molecule has 0 saturated heterocycles. The van der Waals surface area contributed by atoms with Crippen LogP contribution in [0.3, 0.4) is 0 Å². The molecule has 2 rings (SSSR count). The number of fused-ring (bicyclic) bond motifs is 1. The van der Waals surface area contributed by atoms with Gasteiger partial charge in [-0.25, -0.2) is 9.78 Å². The Kier molecular flexibility index (Phi) is 3.16. The second kappa shape index (κ2) is 4.43. The molecule has 0 amide bonds. The minimum absolute atomic E-state index is 0.329. The third-order valence-corrected chi connectivity index (χ3v) is 3.33. The first-order valence-corrected chi connectivity index (χ1v) is 5.79. The summed E-state index contributed by atoms with van der Waals surface area (Å²) in [5, 5.41) is 0.519. The van der Waals surface area contributed by atoms with Crippen LogP contribution in [0.15, 0.2) is 23.1 Å². The van der Waals surface area contributed by atoms with E-state index in [-0.39, 0.29) is 0 Å². The zero-order valence-corrected chi connectivity index (χ0v) is 10.7. The van der Waals surface area contributed by atoms with Gasteiger partial charge in [0.15, 0.2) is 0 Å². The molecule has 0 aliphatic rings. The summed E-state index contributed by atoms with van der Waals surface area (Å²) in [6.45, 7) is 2.09. The Labute approximate surface area is 105 Å². The fourth-order valence-electron chi connectivity index (χ4n) is 1.39. The molecular weight excluding hydrogens is 295 g/mol. The summed E-state index contributed by atoms with van der Waals surface area (Å²) >= 11 is 9.35. The monoisotopic (exact) mass is 302 g/mol. The Morgan fingerprint density at radius 2 is 2.44 bits per heavy atom. The lowest BCUT2D eigenvalue weighted by atomic mass is 10.3. The lowest BCUT2D eigenvalue weighted by Crippen LogP contribution is -2.10. The van der Waals surface area contributed by atoms with Crippen molar-refractivity contribution < 1.29 is 9.53 Å². The maximum absolute atomic E-state index is 11.7. The topological polar surface area (TPSA) is 43.6 Å². The van der Waals surface area contributed by atoms with Crippen LogP contribution in [0.2, 0.25) is 5.02 Å². The molecule has 16 heavy (non-hydrogen) atoms. The molecule has 0 bridgehead atoms. The van der Waals surface area contributed by atoms with Gasteiger partial charge in [-0.05, 0) is 28.9 Å². The second-order valence-electron chi connectivity index (χ2n) is 3.06. The van der Waals surface area contributed by atoms with Crippen LogP contribution in [0, 0.1) is 0 Å². The van der Waals surface area contributed by atoms with Crippen molar-refractivity contribution in [1.82, 2.24) is 9.38 Å². The lowest BCUT2D eigenvalue weighted by molar-refractivity contribution is 0.0517. The first kappa shape index (κ1) is 11.4. The van der Waals surface area contributed by atoms with Gasteiger partial charge in [0.25, 0.3) is 0 Å². The van der Waals surface area contributed by atoms with Crippen LogP contribution in [0.5, 0.6) is 0 Å².